The highest BCUT2D eigenvalue weighted by Crippen LogP contribution is 2.28. The van der Waals surface area contributed by atoms with Crippen molar-refractivity contribution in [3.63, 3.8) is 0 Å². The van der Waals surface area contributed by atoms with Crippen LogP contribution in [0.4, 0.5) is 13.2 Å². The van der Waals surface area contributed by atoms with Gasteiger partial charge in [0, 0.05) is 1.43 Å². The van der Waals surface area contributed by atoms with Crippen LogP contribution in [0.3, 0.4) is 0 Å². The zero-order valence-electron chi connectivity index (χ0n) is 7.94. The number of hydrogen-bond donors (Lipinski definition) is 0. The third-order valence-electron chi connectivity index (χ3n) is 1.38. The third kappa shape index (κ3) is 3.97. The number of hydrogen-bond acceptors (Lipinski definition) is 0. The van der Waals surface area contributed by atoms with Crippen molar-refractivity contribution in [2.75, 3.05) is 0 Å². The van der Waals surface area contributed by atoms with Gasteiger partial charge in [-0.25, -0.2) is 0 Å². The van der Waals surface area contributed by atoms with E-state index in [2.05, 4.69) is 0 Å². The van der Waals surface area contributed by atoms with Gasteiger partial charge in [-0.05, 0) is 19.1 Å². The Morgan fingerprint density at radius 3 is 1.69 bits per heavy atom. The van der Waals surface area contributed by atoms with Crippen LogP contribution in [0.25, 0.3) is 0 Å². The summed E-state index contributed by atoms with van der Waals surface area (Å²) in [7, 11) is 0. The molecule has 0 saturated carbocycles. The molecule has 0 bridgehead atoms. The largest absolute Gasteiger partial charge is 0.416 e. The molecule has 13 heavy (non-hydrogen) atoms. The summed E-state index contributed by atoms with van der Waals surface area (Å²) in [5.74, 6) is 0. The Labute approximate surface area is 77.9 Å². The lowest BCUT2D eigenvalue weighted by Crippen LogP contribution is -2.03. The van der Waals surface area contributed by atoms with Crippen molar-refractivity contribution in [3.05, 3.63) is 35.4 Å². The van der Waals surface area contributed by atoms with Crippen LogP contribution >= 0.6 is 0 Å². The Morgan fingerprint density at radius 2 is 1.38 bits per heavy atom. The molecule has 0 aliphatic heterocycles. The first-order chi connectivity index (χ1) is 6.00. The van der Waals surface area contributed by atoms with Gasteiger partial charge in [-0.1, -0.05) is 31.5 Å². The molecule has 0 fully saturated rings. The fourth-order valence-corrected chi connectivity index (χ4v) is 0.743. The van der Waals surface area contributed by atoms with Crippen LogP contribution in [0.15, 0.2) is 24.3 Å². The predicted octanol–water partition coefficient (Wildman–Crippen LogP) is 4.29. The Kier molecular flexibility index (Phi) is 4.52. The Hall–Kier alpha value is -0.990. The standard InChI is InChI=1S/C8H7F3.C2H6.H2/c1-6-2-4-7(5-3-6)8(9,10)11;1-2;/h2-5H,1H3;1-2H3;1H. The number of benzene rings is 1. The quantitative estimate of drug-likeness (QED) is 0.575. The van der Waals surface area contributed by atoms with Crippen LogP contribution in [-0.4, -0.2) is 0 Å². The Balaban J connectivity index is 0. The normalized spacial score (nSPS) is 10.3. The fraction of sp³-hybridized carbons (Fsp3) is 0.400. The van der Waals surface area contributed by atoms with E-state index in [-0.39, 0.29) is 1.43 Å². The van der Waals surface area contributed by atoms with Crippen molar-refractivity contribution < 1.29 is 14.6 Å². The first-order valence-electron chi connectivity index (χ1n) is 4.14. The fourth-order valence-electron chi connectivity index (χ4n) is 0.743. The van der Waals surface area contributed by atoms with Crippen LogP contribution in [0.5, 0.6) is 0 Å². The number of rotatable bonds is 0. The van der Waals surface area contributed by atoms with Crippen LogP contribution in [0, 0.1) is 6.92 Å². The summed E-state index contributed by atoms with van der Waals surface area (Å²) in [4.78, 5) is 0. The van der Waals surface area contributed by atoms with Crippen LogP contribution in [-0.2, 0) is 6.18 Å². The lowest BCUT2D eigenvalue weighted by atomic mass is 10.1. The maximum absolute atomic E-state index is 11.9. The van der Waals surface area contributed by atoms with Gasteiger partial charge in [0.05, 0.1) is 5.56 Å². The second-order valence-electron chi connectivity index (χ2n) is 2.36. The molecular formula is C10H15F3. The third-order valence-corrected chi connectivity index (χ3v) is 1.38. The van der Waals surface area contributed by atoms with Gasteiger partial charge in [0.1, 0.15) is 0 Å². The Bertz CT molecular complexity index is 239. The lowest BCUT2D eigenvalue weighted by Gasteiger charge is -2.05. The van der Waals surface area contributed by atoms with Gasteiger partial charge in [-0.15, -0.1) is 0 Å². The van der Waals surface area contributed by atoms with E-state index in [4.69, 9.17) is 0 Å². The number of alkyl halides is 3. The maximum atomic E-state index is 11.9. The van der Waals surface area contributed by atoms with Crippen molar-refractivity contribution >= 4 is 0 Å². The van der Waals surface area contributed by atoms with Crippen molar-refractivity contribution in [2.45, 2.75) is 26.9 Å². The molecule has 0 aliphatic rings. The highest BCUT2D eigenvalue weighted by molar-refractivity contribution is 5.23. The molecule has 76 valence electrons. The summed E-state index contributed by atoms with van der Waals surface area (Å²) in [6, 6.07) is 5.05. The molecule has 0 heterocycles. The highest BCUT2D eigenvalue weighted by atomic mass is 19.4. The van der Waals surface area contributed by atoms with E-state index in [9.17, 15) is 13.2 Å². The summed E-state index contributed by atoms with van der Waals surface area (Å²) in [6.07, 6.45) is -4.21. The van der Waals surface area contributed by atoms with Crippen molar-refractivity contribution in [1.82, 2.24) is 0 Å². The smallest absolute Gasteiger partial charge is 0.166 e. The number of halogens is 3. The van der Waals surface area contributed by atoms with E-state index in [1.807, 2.05) is 13.8 Å². The average molecular weight is 192 g/mol. The molecule has 3 heteroatoms. The van der Waals surface area contributed by atoms with Crippen molar-refractivity contribution in [1.29, 1.82) is 0 Å². The summed E-state index contributed by atoms with van der Waals surface area (Å²) >= 11 is 0. The second kappa shape index (κ2) is 4.90. The van der Waals surface area contributed by atoms with Crippen molar-refractivity contribution in [2.24, 2.45) is 0 Å². The van der Waals surface area contributed by atoms with Gasteiger partial charge in [0.2, 0.25) is 0 Å². The second-order valence-corrected chi connectivity index (χ2v) is 2.36. The van der Waals surface area contributed by atoms with Crippen LogP contribution in [0.2, 0.25) is 0 Å². The minimum Gasteiger partial charge on any atom is -0.166 e. The minimum absolute atomic E-state index is 0. The van der Waals surface area contributed by atoms with E-state index >= 15 is 0 Å². The van der Waals surface area contributed by atoms with Gasteiger partial charge in [0.15, 0.2) is 0 Å². The molecule has 0 aromatic heterocycles. The Morgan fingerprint density at radius 1 is 1.00 bits per heavy atom. The first-order valence-corrected chi connectivity index (χ1v) is 4.14. The maximum Gasteiger partial charge on any atom is 0.416 e. The summed E-state index contributed by atoms with van der Waals surface area (Å²) in [6.45, 7) is 5.75. The SMILES string of the molecule is CC.Cc1ccc(C(F)(F)F)cc1.[HH]. The highest BCUT2D eigenvalue weighted by Gasteiger charge is 2.29. The molecule has 0 saturated heterocycles. The molecule has 0 N–H and O–H groups in total. The summed E-state index contributed by atoms with van der Waals surface area (Å²) in [5.41, 5.74) is 0.237. The van der Waals surface area contributed by atoms with E-state index in [0.717, 1.165) is 17.7 Å². The van der Waals surface area contributed by atoms with Gasteiger partial charge in [0.25, 0.3) is 0 Å². The van der Waals surface area contributed by atoms with Crippen LogP contribution < -0.4 is 0 Å². The molecule has 1 rings (SSSR count). The minimum atomic E-state index is -4.21. The molecule has 0 nitrogen and oxygen atoms in total. The first kappa shape index (κ1) is 12.0. The molecule has 1 aromatic rings. The predicted molar refractivity (Wildman–Crippen MR) is 49.6 cm³/mol. The molecule has 0 aliphatic carbocycles. The molecule has 0 unspecified atom stereocenters. The molecule has 0 radical (unpaired) electrons. The molecule has 0 amide bonds. The molecule has 0 spiro atoms. The number of aryl methyl sites for hydroxylation is 1. The van der Waals surface area contributed by atoms with Gasteiger partial charge in [-0.2, -0.15) is 13.2 Å². The van der Waals surface area contributed by atoms with E-state index < -0.39 is 11.7 Å². The topological polar surface area (TPSA) is 0 Å². The monoisotopic (exact) mass is 192 g/mol. The van der Waals surface area contributed by atoms with Gasteiger partial charge >= 0.3 is 6.18 Å². The molecule has 0 atom stereocenters. The molecular weight excluding hydrogens is 177 g/mol. The van der Waals surface area contributed by atoms with Crippen molar-refractivity contribution in [3.8, 4) is 0 Å². The summed E-state index contributed by atoms with van der Waals surface area (Å²) < 4.78 is 35.8. The summed E-state index contributed by atoms with van der Waals surface area (Å²) in [5, 5.41) is 0. The lowest BCUT2D eigenvalue weighted by molar-refractivity contribution is -0.137. The van der Waals surface area contributed by atoms with Gasteiger partial charge in [-0.3, -0.25) is 0 Å². The molecule has 1 aromatic carbocycles. The zero-order chi connectivity index (χ0) is 10.5. The van der Waals surface area contributed by atoms with E-state index in [1.54, 1.807) is 6.92 Å². The zero-order valence-corrected chi connectivity index (χ0v) is 7.94. The van der Waals surface area contributed by atoms with E-state index in [1.165, 1.54) is 12.1 Å². The van der Waals surface area contributed by atoms with Gasteiger partial charge < -0.3 is 0 Å². The average Bonchev–Trinajstić information content (AvgIpc) is 2.07. The van der Waals surface area contributed by atoms with Crippen LogP contribution in [0.1, 0.15) is 26.4 Å². The van der Waals surface area contributed by atoms with E-state index in [0.29, 0.717) is 0 Å².